The Kier molecular flexibility index (Phi) is 5.53. The molecule has 2 aromatic rings. The van der Waals surface area contributed by atoms with Crippen molar-refractivity contribution in [2.75, 3.05) is 11.9 Å². The van der Waals surface area contributed by atoms with Gasteiger partial charge in [0.05, 0.1) is 16.3 Å². The number of rotatable bonds is 4. The van der Waals surface area contributed by atoms with Gasteiger partial charge in [-0.25, -0.2) is 0 Å². The SMILES string of the molecule is Cc1cccc(/C=C2/SC(=O)N(CC(=O)Nc3ccccc3Br)C2=O)n1. The highest BCUT2D eigenvalue weighted by atomic mass is 79.9. The van der Waals surface area contributed by atoms with Gasteiger partial charge in [0, 0.05) is 10.2 Å². The van der Waals surface area contributed by atoms with Crippen molar-refractivity contribution < 1.29 is 14.4 Å². The van der Waals surface area contributed by atoms with Crippen molar-refractivity contribution in [1.82, 2.24) is 9.88 Å². The molecular weight excluding hydrogens is 418 g/mol. The zero-order valence-corrected chi connectivity index (χ0v) is 16.1. The van der Waals surface area contributed by atoms with Crippen LogP contribution in [0.5, 0.6) is 0 Å². The first-order chi connectivity index (χ1) is 12.4. The summed E-state index contributed by atoms with van der Waals surface area (Å²) in [4.78, 5) is 42.3. The van der Waals surface area contributed by atoms with Gasteiger partial charge in [0.1, 0.15) is 6.54 Å². The molecular formula is C18H14BrN3O3S. The molecule has 0 bridgehead atoms. The number of benzene rings is 1. The summed E-state index contributed by atoms with van der Waals surface area (Å²) < 4.78 is 0.716. The highest BCUT2D eigenvalue weighted by Gasteiger charge is 2.36. The van der Waals surface area contributed by atoms with Crippen LogP contribution in [0.15, 0.2) is 51.8 Å². The third kappa shape index (κ3) is 4.20. The molecule has 1 aromatic heterocycles. The van der Waals surface area contributed by atoms with E-state index >= 15 is 0 Å². The number of carbonyl (C=O) groups is 3. The number of carbonyl (C=O) groups excluding carboxylic acids is 3. The van der Waals surface area contributed by atoms with Gasteiger partial charge in [0.25, 0.3) is 11.1 Å². The molecule has 1 aliphatic rings. The summed E-state index contributed by atoms with van der Waals surface area (Å²) in [6.07, 6.45) is 1.56. The lowest BCUT2D eigenvalue weighted by atomic mass is 10.3. The molecule has 0 atom stereocenters. The fourth-order valence-electron chi connectivity index (χ4n) is 2.31. The van der Waals surface area contributed by atoms with E-state index in [9.17, 15) is 14.4 Å². The van der Waals surface area contributed by atoms with Crippen molar-refractivity contribution in [3.63, 3.8) is 0 Å². The number of anilines is 1. The number of para-hydroxylation sites is 1. The highest BCUT2D eigenvalue weighted by molar-refractivity contribution is 9.10. The van der Waals surface area contributed by atoms with Crippen molar-refractivity contribution >= 4 is 56.5 Å². The largest absolute Gasteiger partial charge is 0.324 e. The number of amides is 3. The molecule has 0 spiro atoms. The van der Waals surface area contributed by atoms with E-state index in [1.54, 1.807) is 30.3 Å². The first-order valence-electron chi connectivity index (χ1n) is 7.67. The maximum Gasteiger partial charge on any atom is 0.294 e. The number of nitrogens with one attached hydrogen (secondary N) is 1. The van der Waals surface area contributed by atoms with Crippen LogP contribution in [0.25, 0.3) is 6.08 Å². The summed E-state index contributed by atoms with van der Waals surface area (Å²) in [6.45, 7) is 1.50. The molecule has 2 heterocycles. The van der Waals surface area contributed by atoms with Gasteiger partial charge in [-0.3, -0.25) is 24.3 Å². The quantitative estimate of drug-likeness (QED) is 0.744. The Hall–Kier alpha value is -2.45. The Morgan fingerprint density at radius 1 is 1.23 bits per heavy atom. The fraction of sp³-hybridized carbons (Fsp3) is 0.111. The van der Waals surface area contributed by atoms with Gasteiger partial charge in [-0.05, 0) is 65.0 Å². The van der Waals surface area contributed by atoms with Crippen LogP contribution in [0, 0.1) is 6.92 Å². The molecule has 3 rings (SSSR count). The number of aryl methyl sites for hydroxylation is 1. The third-order valence-electron chi connectivity index (χ3n) is 3.51. The van der Waals surface area contributed by atoms with Crippen LogP contribution in [0.4, 0.5) is 10.5 Å². The smallest absolute Gasteiger partial charge is 0.294 e. The van der Waals surface area contributed by atoms with E-state index in [1.165, 1.54) is 0 Å². The van der Waals surface area contributed by atoms with Crippen LogP contribution < -0.4 is 5.32 Å². The zero-order chi connectivity index (χ0) is 18.7. The lowest BCUT2D eigenvalue weighted by molar-refractivity contribution is -0.127. The lowest BCUT2D eigenvalue weighted by Gasteiger charge is -2.13. The van der Waals surface area contributed by atoms with Crippen molar-refractivity contribution in [3.05, 3.63) is 63.2 Å². The monoisotopic (exact) mass is 431 g/mol. The second kappa shape index (κ2) is 7.84. The summed E-state index contributed by atoms with van der Waals surface area (Å²) in [5, 5.41) is 2.20. The molecule has 0 unspecified atom stereocenters. The number of nitrogens with zero attached hydrogens (tertiary/aromatic N) is 2. The van der Waals surface area contributed by atoms with Crippen LogP contribution >= 0.6 is 27.7 Å². The van der Waals surface area contributed by atoms with E-state index < -0.39 is 17.1 Å². The summed E-state index contributed by atoms with van der Waals surface area (Å²) in [7, 11) is 0. The molecule has 26 heavy (non-hydrogen) atoms. The molecule has 0 saturated carbocycles. The van der Waals surface area contributed by atoms with Crippen molar-refractivity contribution in [1.29, 1.82) is 0 Å². The number of pyridine rings is 1. The molecule has 1 aromatic carbocycles. The second-order valence-electron chi connectivity index (χ2n) is 5.50. The van der Waals surface area contributed by atoms with Gasteiger partial charge in [0.15, 0.2) is 0 Å². The number of hydrogen-bond donors (Lipinski definition) is 1. The molecule has 0 aliphatic carbocycles. The predicted molar refractivity (Wildman–Crippen MR) is 104 cm³/mol. The minimum atomic E-state index is -0.495. The fourth-order valence-corrected chi connectivity index (χ4v) is 3.52. The summed E-state index contributed by atoms with van der Waals surface area (Å²) in [6, 6.07) is 12.5. The maximum absolute atomic E-state index is 12.5. The average Bonchev–Trinajstić information content (AvgIpc) is 2.84. The van der Waals surface area contributed by atoms with E-state index in [4.69, 9.17) is 0 Å². The van der Waals surface area contributed by atoms with E-state index in [0.717, 1.165) is 22.4 Å². The van der Waals surface area contributed by atoms with E-state index in [2.05, 4.69) is 26.2 Å². The number of hydrogen-bond acceptors (Lipinski definition) is 5. The Labute approximate surface area is 162 Å². The number of aromatic nitrogens is 1. The average molecular weight is 432 g/mol. The second-order valence-corrected chi connectivity index (χ2v) is 7.35. The van der Waals surface area contributed by atoms with Crippen molar-refractivity contribution in [2.24, 2.45) is 0 Å². The van der Waals surface area contributed by atoms with Gasteiger partial charge in [-0.1, -0.05) is 18.2 Å². The number of halogens is 1. The number of thioether (sulfide) groups is 1. The molecule has 1 saturated heterocycles. The Morgan fingerprint density at radius 2 is 2.00 bits per heavy atom. The summed E-state index contributed by atoms with van der Waals surface area (Å²) in [5.41, 5.74) is 1.97. The maximum atomic E-state index is 12.5. The van der Waals surface area contributed by atoms with Crippen LogP contribution in [0.1, 0.15) is 11.4 Å². The normalized spacial score (nSPS) is 15.6. The first-order valence-corrected chi connectivity index (χ1v) is 9.28. The van der Waals surface area contributed by atoms with Gasteiger partial charge in [0.2, 0.25) is 5.91 Å². The highest BCUT2D eigenvalue weighted by Crippen LogP contribution is 2.32. The topological polar surface area (TPSA) is 79.4 Å². The molecule has 3 amide bonds. The molecule has 8 heteroatoms. The predicted octanol–water partition coefficient (Wildman–Crippen LogP) is 3.83. The Bertz CT molecular complexity index is 929. The van der Waals surface area contributed by atoms with Crippen molar-refractivity contribution in [3.8, 4) is 0 Å². The molecule has 1 fully saturated rings. The van der Waals surface area contributed by atoms with Crippen molar-refractivity contribution in [2.45, 2.75) is 6.92 Å². The van der Waals surface area contributed by atoms with Gasteiger partial charge < -0.3 is 5.32 Å². The Balaban J connectivity index is 1.71. The van der Waals surface area contributed by atoms with Gasteiger partial charge in [-0.15, -0.1) is 0 Å². The standard InChI is InChI=1S/C18H14BrN3O3S/c1-11-5-4-6-12(20-11)9-15-17(24)22(18(25)26-15)10-16(23)21-14-8-3-2-7-13(14)19/h2-9H,10H2,1H3,(H,21,23)/b15-9+. The molecule has 1 N–H and O–H groups in total. The summed E-state index contributed by atoms with van der Waals surface area (Å²) >= 11 is 4.13. The first kappa shape index (κ1) is 18.3. The lowest BCUT2D eigenvalue weighted by Crippen LogP contribution is -2.36. The molecule has 6 nitrogen and oxygen atoms in total. The zero-order valence-electron chi connectivity index (χ0n) is 13.7. The van der Waals surface area contributed by atoms with Gasteiger partial charge >= 0.3 is 0 Å². The molecule has 1 aliphatic heterocycles. The molecule has 0 radical (unpaired) electrons. The Morgan fingerprint density at radius 3 is 2.73 bits per heavy atom. The van der Waals surface area contributed by atoms with E-state index in [0.29, 0.717) is 15.9 Å². The summed E-state index contributed by atoms with van der Waals surface area (Å²) in [5.74, 6) is -0.945. The van der Waals surface area contributed by atoms with Gasteiger partial charge in [-0.2, -0.15) is 0 Å². The minimum Gasteiger partial charge on any atom is -0.324 e. The number of imide groups is 1. The molecule has 132 valence electrons. The van der Waals surface area contributed by atoms with Crippen LogP contribution in [-0.4, -0.2) is 33.5 Å². The van der Waals surface area contributed by atoms with E-state index in [1.807, 2.05) is 25.1 Å². The minimum absolute atomic E-state index is 0.252. The van der Waals surface area contributed by atoms with Crippen LogP contribution in [-0.2, 0) is 9.59 Å². The van der Waals surface area contributed by atoms with Crippen LogP contribution in [0.2, 0.25) is 0 Å². The van der Waals surface area contributed by atoms with Crippen LogP contribution in [0.3, 0.4) is 0 Å². The van der Waals surface area contributed by atoms with E-state index in [-0.39, 0.29) is 11.4 Å². The third-order valence-corrected chi connectivity index (χ3v) is 5.11.